The highest BCUT2D eigenvalue weighted by Crippen LogP contribution is 2.29. The lowest BCUT2D eigenvalue weighted by Crippen LogP contribution is -2.20. The standard InChI is InChI=1S/C23H26N2O4S/c1-15-5-6-16(2)20(11-15)25-10-9-24-23(25)30-14-19(27)13-29-21-8-7-18(17(3)26)12-22(21)28-4/h5-12,19,27H,13-14H2,1-4H3. The zero-order chi connectivity index (χ0) is 21.7. The Bertz CT molecular complexity index is 1030. The Balaban J connectivity index is 1.61. The van der Waals surface area contributed by atoms with Gasteiger partial charge in [0.1, 0.15) is 6.61 Å². The van der Waals surface area contributed by atoms with E-state index in [-0.39, 0.29) is 12.4 Å². The summed E-state index contributed by atoms with van der Waals surface area (Å²) in [5.74, 6) is 1.34. The summed E-state index contributed by atoms with van der Waals surface area (Å²) >= 11 is 1.47. The molecule has 0 fully saturated rings. The maximum Gasteiger partial charge on any atom is 0.172 e. The summed E-state index contributed by atoms with van der Waals surface area (Å²) in [6.45, 7) is 5.73. The third-order valence-corrected chi connectivity index (χ3v) is 5.75. The van der Waals surface area contributed by atoms with Crippen molar-refractivity contribution in [1.29, 1.82) is 0 Å². The molecule has 0 amide bonds. The summed E-state index contributed by atoms with van der Waals surface area (Å²) in [7, 11) is 1.52. The molecule has 7 heteroatoms. The molecule has 1 atom stereocenters. The van der Waals surface area contributed by atoms with Gasteiger partial charge in [0.05, 0.1) is 18.9 Å². The first kappa shape index (κ1) is 21.9. The molecule has 1 unspecified atom stereocenters. The van der Waals surface area contributed by atoms with Crippen LogP contribution in [0.25, 0.3) is 5.69 Å². The van der Waals surface area contributed by atoms with Gasteiger partial charge in [0, 0.05) is 23.7 Å². The molecule has 0 aliphatic carbocycles. The first-order chi connectivity index (χ1) is 14.4. The number of hydrogen-bond donors (Lipinski definition) is 1. The number of benzene rings is 2. The van der Waals surface area contributed by atoms with Gasteiger partial charge < -0.3 is 14.6 Å². The fraction of sp³-hybridized carbons (Fsp3) is 0.304. The molecule has 1 heterocycles. The average molecular weight is 427 g/mol. The Morgan fingerprint density at radius 2 is 2.00 bits per heavy atom. The van der Waals surface area contributed by atoms with Gasteiger partial charge in [-0.15, -0.1) is 0 Å². The zero-order valence-electron chi connectivity index (χ0n) is 17.6. The van der Waals surface area contributed by atoms with Crippen molar-refractivity contribution in [3.63, 3.8) is 0 Å². The molecule has 6 nitrogen and oxygen atoms in total. The number of carbonyl (C=O) groups is 1. The van der Waals surface area contributed by atoms with Gasteiger partial charge in [-0.3, -0.25) is 9.36 Å². The van der Waals surface area contributed by atoms with Crippen molar-refractivity contribution in [2.75, 3.05) is 19.5 Å². The van der Waals surface area contributed by atoms with Crippen LogP contribution in [0.1, 0.15) is 28.4 Å². The number of carbonyl (C=O) groups excluding carboxylic acids is 1. The SMILES string of the molecule is COc1cc(C(C)=O)ccc1OCC(O)CSc1nccn1-c1cc(C)ccc1C. The summed E-state index contributed by atoms with van der Waals surface area (Å²) in [4.78, 5) is 15.9. The molecule has 0 bridgehead atoms. The van der Waals surface area contributed by atoms with Crippen LogP contribution in [0.5, 0.6) is 11.5 Å². The van der Waals surface area contributed by atoms with E-state index in [0.29, 0.717) is 22.8 Å². The number of rotatable bonds is 9. The predicted molar refractivity (Wildman–Crippen MR) is 118 cm³/mol. The number of aliphatic hydroxyl groups excluding tert-OH is 1. The van der Waals surface area contributed by atoms with Crippen LogP contribution in [0.2, 0.25) is 0 Å². The first-order valence-corrected chi connectivity index (χ1v) is 10.6. The minimum Gasteiger partial charge on any atom is -0.493 e. The smallest absolute Gasteiger partial charge is 0.172 e. The highest BCUT2D eigenvalue weighted by Gasteiger charge is 2.14. The molecular formula is C23H26N2O4S. The van der Waals surface area contributed by atoms with E-state index >= 15 is 0 Å². The summed E-state index contributed by atoms with van der Waals surface area (Å²) < 4.78 is 13.0. The van der Waals surface area contributed by atoms with Crippen LogP contribution >= 0.6 is 11.8 Å². The number of ether oxygens (including phenoxy) is 2. The molecule has 0 radical (unpaired) electrons. The van der Waals surface area contributed by atoms with E-state index in [0.717, 1.165) is 16.4 Å². The number of methoxy groups -OCH3 is 1. The van der Waals surface area contributed by atoms with Crippen molar-refractivity contribution in [3.05, 3.63) is 65.5 Å². The lowest BCUT2D eigenvalue weighted by Gasteiger charge is -2.15. The molecule has 1 N–H and O–H groups in total. The molecule has 0 spiro atoms. The molecule has 0 saturated heterocycles. The first-order valence-electron chi connectivity index (χ1n) is 9.62. The Labute approximate surface area is 180 Å². The van der Waals surface area contributed by atoms with Crippen LogP contribution in [-0.2, 0) is 0 Å². The monoisotopic (exact) mass is 426 g/mol. The number of aromatic nitrogens is 2. The zero-order valence-corrected chi connectivity index (χ0v) is 18.4. The highest BCUT2D eigenvalue weighted by atomic mass is 32.2. The van der Waals surface area contributed by atoms with Gasteiger partial charge in [-0.25, -0.2) is 4.98 Å². The Kier molecular flexibility index (Phi) is 7.18. The van der Waals surface area contributed by atoms with Gasteiger partial charge in [-0.05, 0) is 56.2 Å². The number of imidazole rings is 1. The van der Waals surface area contributed by atoms with Crippen molar-refractivity contribution in [2.24, 2.45) is 0 Å². The van der Waals surface area contributed by atoms with Crippen LogP contribution in [0.4, 0.5) is 0 Å². The van der Waals surface area contributed by atoms with Gasteiger partial charge in [-0.2, -0.15) is 0 Å². The fourth-order valence-electron chi connectivity index (χ4n) is 2.97. The maximum atomic E-state index is 11.5. The largest absolute Gasteiger partial charge is 0.493 e. The molecule has 1 aromatic heterocycles. The number of hydrogen-bond acceptors (Lipinski definition) is 6. The molecule has 3 rings (SSSR count). The van der Waals surface area contributed by atoms with Crippen LogP contribution in [-0.4, -0.2) is 46.0 Å². The van der Waals surface area contributed by atoms with Crippen LogP contribution < -0.4 is 9.47 Å². The van der Waals surface area contributed by atoms with E-state index in [2.05, 4.69) is 37.0 Å². The molecule has 0 saturated carbocycles. The molecule has 0 aliphatic rings. The second kappa shape index (κ2) is 9.82. The number of ketones is 1. The van der Waals surface area contributed by atoms with Crippen molar-refractivity contribution < 1.29 is 19.4 Å². The third kappa shape index (κ3) is 5.23. The highest BCUT2D eigenvalue weighted by molar-refractivity contribution is 7.99. The summed E-state index contributed by atoms with van der Waals surface area (Å²) in [5.41, 5.74) is 3.97. The van der Waals surface area contributed by atoms with Gasteiger partial charge >= 0.3 is 0 Å². The number of aryl methyl sites for hydroxylation is 2. The molecule has 3 aromatic rings. The number of aliphatic hydroxyl groups is 1. The Morgan fingerprint density at radius 1 is 1.20 bits per heavy atom. The molecule has 0 aliphatic heterocycles. The van der Waals surface area contributed by atoms with E-state index in [9.17, 15) is 9.90 Å². The van der Waals surface area contributed by atoms with Gasteiger partial charge in [0.2, 0.25) is 0 Å². The lowest BCUT2D eigenvalue weighted by molar-refractivity contribution is 0.101. The maximum absolute atomic E-state index is 11.5. The van der Waals surface area contributed by atoms with Crippen molar-refractivity contribution in [3.8, 4) is 17.2 Å². The predicted octanol–water partition coefficient (Wildman–Crippen LogP) is 4.23. The number of Topliss-reactive ketones (excluding diaryl/α,β-unsaturated/α-hetero) is 1. The normalized spacial score (nSPS) is 11.9. The molecule has 2 aromatic carbocycles. The molecular weight excluding hydrogens is 400 g/mol. The number of thioether (sulfide) groups is 1. The van der Waals surface area contributed by atoms with Gasteiger partial charge in [0.15, 0.2) is 22.4 Å². The van der Waals surface area contributed by atoms with E-state index in [1.54, 1.807) is 24.4 Å². The minimum absolute atomic E-state index is 0.0457. The van der Waals surface area contributed by atoms with Gasteiger partial charge in [0.25, 0.3) is 0 Å². The van der Waals surface area contributed by atoms with E-state index in [1.807, 2.05) is 10.8 Å². The molecule has 158 valence electrons. The van der Waals surface area contributed by atoms with Crippen LogP contribution in [0.15, 0.2) is 53.9 Å². The van der Waals surface area contributed by atoms with Crippen molar-refractivity contribution >= 4 is 17.5 Å². The van der Waals surface area contributed by atoms with Gasteiger partial charge in [-0.1, -0.05) is 23.9 Å². The average Bonchev–Trinajstić information content (AvgIpc) is 3.20. The van der Waals surface area contributed by atoms with Crippen LogP contribution in [0, 0.1) is 13.8 Å². The lowest BCUT2D eigenvalue weighted by atomic mass is 10.1. The Morgan fingerprint density at radius 3 is 2.73 bits per heavy atom. The second-order valence-electron chi connectivity index (χ2n) is 7.07. The molecule has 30 heavy (non-hydrogen) atoms. The Hall–Kier alpha value is -2.77. The quantitative estimate of drug-likeness (QED) is 0.408. The summed E-state index contributed by atoms with van der Waals surface area (Å²) in [5, 5.41) is 11.2. The minimum atomic E-state index is -0.698. The number of nitrogens with zero attached hydrogens (tertiary/aromatic N) is 2. The second-order valence-corrected chi connectivity index (χ2v) is 8.05. The topological polar surface area (TPSA) is 73.6 Å². The summed E-state index contributed by atoms with van der Waals surface area (Å²) in [6.07, 6.45) is 2.99. The fourth-order valence-corrected chi connectivity index (χ4v) is 3.84. The van der Waals surface area contributed by atoms with E-state index in [1.165, 1.54) is 31.4 Å². The van der Waals surface area contributed by atoms with E-state index < -0.39 is 6.10 Å². The summed E-state index contributed by atoms with van der Waals surface area (Å²) in [6, 6.07) is 11.3. The third-order valence-electron chi connectivity index (χ3n) is 4.64. The van der Waals surface area contributed by atoms with E-state index in [4.69, 9.17) is 9.47 Å². The van der Waals surface area contributed by atoms with Crippen molar-refractivity contribution in [2.45, 2.75) is 32.0 Å². The van der Waals surface area contributed by atoms with Crippen molar-refractivity contribution in [1.82, 2.24) is 9.55 Å². The van der Waals surface area contributed by atoms with Crippen LogP contribution in [0.3, 0.4) is 0 Å².